The SMILES string of the molecule is CNc1cc(NCc2cnc(C)s2)cc([N+](=O)[O-])c1. The van der Waals surface area contributed by atoms with Gasteiger partial charge in [0.25, 0.3) is 5.69 Å². The first-order valence-electron chi connectivity index (χ1n) is 5.71. The van der Waals surface area contributed by atoms with Crippen LogP contribution < -0.4 is 10.6 Å². The van der Waals surface area contributed by atoms with E-state index < -0.39 is 4.92 Å². The van der Waals surface area contributed by atoms with Crippen molar-refractivity contribution in [1.29, 1.82) is 0 Å². The minimum Gasteiger partial charge on any atom is -0.388 e. The van der Waals surface area contributed by atoms with E-state index in [0.29, 0.717) is 17.9 Å². The number of aromatic nitrogens is 1. The molecule has 100 valence electrons. The maximum Gasteiger partial charge on any atom is 0.273 e. The number of hydrogen-bond donors (Lipinski definition) is 2. The summed E-state index contributed by atoms with van der Waals surface area (Å²) in [7, 11) is 1.73. The van der Waals surface area contributed by atoms with Crippen LogP contribution in [0.25, 0.3) is 0 Å². The Labute approximate surface area is 114 Å². The molecule has 1 heterocycles. The number of nitro groups is 1. The summed E-state index contributed by atoms with van der Waals surface area (Å²) in [5.74, 6) is 0. The van der Waals surface area contributed by atoms with E-state index in [2.05, 4.69) is 15.6 Å². The van der Waals surface area contributed by atoms with Crippen LogP contribution >= 0.6 is 11.3 Å². The first-order chi connectivity index (χ1) is 9.08. The highest BCUT2D eigenvalue weighted by Crippen LogP contribution is 2.24. The minimum atomic E-state index is -0.400. The molecule has 0 amide bonds. The fraction of sp³-hybridized carbons (Fsp3) is 0.250. The van der Waals surface area contributed by atoms with E-state index in [1.54, 1.807) is 18.4 Å². The smallest absolute Gasteiger partial charge is 0.273 e. The lowest BCUT2D eigenvalue weighted by molar-refractivity contribution is -0.384. The molecular formula is C12H14N4O2S. The number of rotatable bonds is 5. The van der Waals surface area contributed by atoms with Crippen LogP contribution in [-0.4, -0.2) is 17.0 Å². The number of nitrogens with zero attached hydrogens (tertiary/aromatic N) is 2. The van der Waals surface area contributed by atoms with Crippen molar-refractivity contribution in [3.8, 4) is 0 Å². The Morgan fingerprint density at radius 2 is 2.11 bits per heavy atom. The van der Waals surface area contributed by atoms with Gasteiger partial charge in [0.1, 0.15) is 0 Å². The zero-order valence-corrected chi connectivity index (χ0v) is 11.5. The Balaban J connectivity index is 2.15. The zero-order valence-electron chi connectivity index (χ0n) is 10.6. The monoisotopic (exact) mass is 278 g/mol. The highest BCUT2D eigenvalue weighted by Gasteiger charge is 2.09. The summed E-state index contributed by atoms with van der Waals surface area (Å²) in [5, 5.41) is 17.9. The van der Waals surface area contributed by atoms with E-state index in [9.17, 15) is 10.1 Å². The number of nitrogens with one attached hydrogen (secondary N) is 2. The van der Waals surface area contributed by atoms with Gasteiger partial charge in [-0.05, 0) is 13.0 Å². The molecule has 0 aliphatic heterocycles. The topological polar surface area (TPSA) is 80.1 Å². The van der Waals surface area contributed by atoms with Gasteiger partial charge in [0.2, 0.25) is 0 Å². The van der Waals surface area contributed by atoms with Crippen LogP contribution in [0, 0.1) is 17.0 Å². The van der Waals surface area contributed by atoms with Crippen LogP contribution in [-0.2, 0) is 6.54 Å². The van der Waals surface area contributed by atoms with Gasteiger partial charge in [0.15, 0.2) is 0 Å². The van der Waals surface area contributed by atoms with Gasteiger partial charge in [-0.15, -0.1) is 11.3 Å². The molecular weight excluding hydrogens is 264 g/mol. The van der Waals surface area contributed by atoms with Crippen LogP contribution in [0.1, 0.15) is 9.88 Å². The molecule has 2 aromatic rings. The van der Waals surface area contributed by atoms with Crippen LogP contribution in [0.4, 0.5) is 17.1 Å². The number of anilines is 2. The molecule has 0 unspecified atom stereocenters. The van der Waals surface area contributed by atoms with Crippen molar-refractivity contribution < 1.29 is 4.92 Å². The Bertz CT molecular complexity index is 597. The van der Waals surface area contributed by atoms with Gasteiger partial charge < -0.3 is 10.6 Å². The predicted octanol–water partition coefficient (Wildman–Crippen LogP) is 3.01. The minimum absolute atomic E-state index is 0.0647. The van der Waals surface area contributed by atoms with Gasteiger partial charge in [-0.2, -0.15) is 0 Å². The van der Waals surface area contributed by atoms with Crippen molar-refractivity contribution in [2.24, 2.45) is 0 Å². The van der Waals surface area contributed by atoms with E-state index in [-0.39, 0.29) is 5.69 Å². The number of nitro benzene ring substituents is 1. The fourth-order valence-electron chi connectivity index (χ4n) is 1.64. The summed E-state index contributed by atoms with van der Waals surface area (Å²) >= 11 is 1.60. The molecule has 1 aromatic heterocycles. The molecule has 0 bridgehead atoms. The van der Waals surface area contributed by atoms with Gasteiger partial charge in [-0.25, -0.2) is 4.98 Å². The molecule has 0 atom stereocenters. The summed E-state index contributed by atoms with van der Waals surface area (Å²) < 4.78 is 0. The van der Waals surface area contributed by atoms with Crippen molar-refractivity contribution in [2.75, 3.05) is 17.7 Å². The molecule has 2 rings (SSSR count). The van der Waals surface area contributed by atoms with Gasteiger partial charge in [0, 0.05) is 41.6 Å². The fourth-order valence-corrected chi connectivity index (χ4v) is 2.37. The zero-order chi connectivity index (χ0) is 13.8. The third kappa shape index (κ3) is 3.41. The van der Waals surface area contributed by atoms with E-state index >= 15 is 0 Å². The summed E-state index contributed by atoms with van der Waals surface area (Å²) in [6, 6.07) is 4.86. The van der Waals surface area contributed by atoms with E-state index in [4.69, 9.17) is 0 Å². The van der Waals surface area contributed by atoms with Crippen molar-refractivity contribution in [3.63, 3.8) is 0 Å². The van der Waals surface area contributed by atoms with Crippen molar-refractivity contribution >= 4 is 28.4 Å². The lowest BCUT2D eigenvalue weighted by Crippen LogP contribution is -2.00. The summed E-state index contributed by atoms with van der Waals surface area (Å²) in [5.41, 5.74) is 1.48. The number of non-ortho nitro benzene ring substituents is 1. The van der Waals surface area contributed by atoms with E-state index in [1.807, 2.05) is 19.2 Å². The van der Waals surface area contributed by atoms with Crippen LogP contribution in [0.3, 0.4) is 0 Å². The molecule has 0 aliphatic rings. The average molecular weight is 278 g/mol. The molecule has 0 saturated carbocycles. The number of benzene rings is 1. The number of aryl methyl sites for hydroxylation is 1. The Morgan fingerprint density at radius 1 is 1.37 bits per heavy atom. The summed E-state index contributed by atoms with van der Waals surface area (Å²) in [6.45, 7) is 2.55. The lowest BCUT2D eigenvalue weighted by Gasteiger charge is -2.07. The molecule has 1 aromatic carbocycles. The molecule has 0 radical (unpaired) electrons. The standard InChI is InChI=1S/C12H14N4O2S/c1-8-14-6-12(19-8)7-15-10-3-9(13-2)4-11(5-10)16(17)18/h3-6,13,15H,7H2,1-2H3. The Kier molecular flexibility index (Phi) is 3.96. The van der Waals surface area contributed by atoms with Crippen LogP contribution in [0.5, 0.6) is 0 Å². The predicted molar refractivity (Wildman–Crippen MR) is 76.8 cm³/mol. The highest BCUT2D eigenvalue weighted by atomic mass is 32.1. The third-order valence-electron chi connectivity index (χ3n) is 2.55. The molecule has 7 heteroatoms. The lowest BCUT2D eigenvalue weighted by atomic mass is 10.2. The second kappa shape index (κ2) is 5.66. The maximum absolute atomic E-state index is 10.8. The molecule has 0 saturated heterocycles. The second-order valence-corrected chi connectivity index (χ2v) is 5.29. The van der Waals surface area contributed by atoms with Crippen molar-refractivity contribution in [3.05, 3.63) is 44.4 Å². The average Bonchev–Trinajstić information content (AvgIpc) is 2.81. The first-order valence-corrected chi connectivity index (χ1v) is 6.52. The van der Waals surface area contributed by atoms with Gasteiger partial charge in [-0.1, -0.05) is 0 Å². The quantitative estimate of drug-likeness (QED) is 0.649. The van der Waals surface area contributed by atoms with Crippen molar-refractivity contribution in [2.45, 2.75) is 13.5 Å². The normalized spacial score (nSPS) is 10.2. The second-order valence-electron chi connectivity index (χ2n) is 3.97. The number of thiazole rings is 1. The van der Waals surface area contributed by atoms with Crippen LogP contribution in [0.2, 0.25) is 0 Å². The van der Waals surface area contributed by atoms with E-state index in [0.717, 1.165) is 9.88 Å². The molecule has 0 spiro atoms. The molecule has 19 heavy (non-hydrogen) atoms. The first kappa shape index (κ1) is 13.3. The van der Waals surface area contributed by atoms with Crippen molar-refractivity contribution in [1.82, 2.24) is 4.98 Å². The maximum atomic E-state index is 10.8. The van der Waals surface area contributed by atoms with E-state index in [1.165, 1.54) is 12.1 Å². The van der Waals surface area contributed by atoms with Gasteiger partial charge >= 0.3 is 0 Å². The molecule has 2 N–H and O–H groups in total. The summed E-state index contributed by atoms with van der Waals surface area (Å²) in [4.78, 5) is 15.7. The molecule has 0 fully saturated rings. The molecule has 0 aliphatic carbocycles. The highest BCUT2D eigenvalue weighted by molar-refractivity contribution is 7.11. The Hall–Kier alpha value is -2.15. The van der Waals surface area contributed by atoms with Crippen LogP contribution in [0.15, 0.2) is 24.4 Å². The largest absolute Gasteiger partial charge is 0.388 e. The number of hydrogen-bond acceptors (Lipinski definition) is 6. The summed E-state index contributed by atoms with van der Waals surface area (Å²) in [6.07, 6.45) is 1.81. The van der Waals surface area contributed by atoms with Gasteiger partial charge in [0.05, 0.1) is 16.5 Å². The molecule has 6 nitrogen and oxygen atoms in total. The van der Waals surface area contributed by atoms with Gasteiger partial charge in [-0.3, -0.25) is 10.1 Å². The Morgan fingerprint density at radius 3 is 2.68 bits per heavy atom. The third-order valence-corrected chi connectivity index (χ3v) is 3.47.